The number of hydrogen-bond acceptors (Lipinski definition) is 4. The van der Waals surface area contributed by atoms with E-state index in [1.807, 2.05) is 41.3 Å². The van der Waals surface area contributed by atoms with Crippen LogP contribution in [0.5, 0.6) is 5.75 Å². The van der Waals surface area contributed by atoms with E-state index in [1.165, 1.54) is 0 Å². The molecule has 0 bridgehead atoms. The fraction of sp³-hybridized carbons (Fsp3) is 0.429. The maximum absolute atomic E-state index is 13.1. The number of carbonyl (C=O) groups excluding carboxylic acids is 2. The molecule has 0 unspecified atom stereocenters. The molecule has 142 valence electrons. The molecule has 0 spiro atoms. The summed E-state index contributed by atoms with van der Waals surface area (Å²) in [6.07, 6.45) is 2.07. The van der Waals surface area contributed by atoms with Gasteiger partial charge in [-0.05, 0) is 42.8 Å². The SMILES string of the molecule is CN1CCN(C(=O)c2cc3ccccc3cc2OCC(=O)NC2CC2)CC1. The molecule has 27 heavy (non-hydrogen) atoms. The lowest BCUT2D eigenvalue weighted by atomic mass is 10.0. The highest BCUT2D eigenvalue weighted by Crippen LogP contribution is 2.28. The van der Waals surface area contributed by atoms with Gasteiger partial charge in [0.15, 0.2) is 6.61 Å². The molecule has 2 aromatic carbocycles. The Hall–Kier alpha value is -2.60. The maximum Gasteiger partial charge on any atom is 0.258 e. The van der Waals surface area contributed by atoms with Crippen molar-refractivity contribution in [3.8, 4) is 5.75 Å². The number of carbonyl (C=O) groups is 2. The molecular formula is C21H25N3O3. The van der Waals surface area contributed by atoms with Gasteiger partial charge in [-0.15, -0.1) is 0 Å². The number of benzene rings is 2. The van der Waals surface area contributed by atoms with E-state index in [1.54, 1.807) is 0 Å². The third-order valence-corrected chi connectivity index (χ3v) is 5.17. The van der Waals surface area contributed by atoms with E-state index in [0.717, 1.165) is 36.7 Å². The first-order chi connectivity index (χ1) is 13.1. The summed E-state index contributed by atoms with van der Waals surface area (Å²) >= 11 is 0. The first kappa shape index (κ1) is 17.8. The van der Waals surface area contributed by atoms with Gasteiger partial charge in [-0.25, -0.2) is 0 Å². The van der Waals surface area contributed by atoms with Crippen molar-refractivity contribution in [2.45, 2.75) is 18.9 Å². The maximum atomic E-state index is 13.1. The Morgan fingerprint density at radius 1 is 1.07 bits per heavy atom. The van der Waals surface area contributed by atoms with Crippen LogP contribution in [0.15, 0.2) is 36.4 Å². The molecule has 1 aliphatic carbocycles. The summed E-state index contributed by atoms with van der Waals surface area (Å²) in [5.74, 6) is 0.304. The van der Waals surface area contributed by atoms with Gasteiger partial charge in [0.25, 0.3) is 11.8 Å². The fourth-order valence-corrected chi connectivity index (χ4v) is 3.33. The van der Waals surface area contributed by atoms with Crippen LogP contribution in [0, 0.1) is 0 Å². The van der Waals surface area contributed by atoms with Gasteiger partial charge < -0.3 is 19.9 Å². The second-order valence-electron chi connectivity index (χ2n) is 7.42. The smallest absolute Gasteiger partial charge is 0.258 e. The Morgan fingerprint density at radius 2 is 1.74 bits per heavy atom. The van der Waals surface area contributed by atoms with Crippen molar-refractivity contribution in [1.29, 1.82) is 0 Å². The molecule has 1 aliphatic heterocycles. The van der Waals surface area contributed by atoms with E-state index in [9.17, 15) is 9.59 Å². The summed E-state index contributed by atoms with van der Waals surface area (Å²) < 4.78 is 5.80. The second kappa shape index (κ2) is 7.56. The Balaban J connectivity index is 1.58. The van der Waals surface area contributed by atoms with Crippen molar-refractivity contribution in [2.24, 2.45) is 0 Å². The lowest BCUT2D eigenvalue weighted by molar-refractivity contribution is -0.123. The van der Waals surface area contributed by atoms with Gasteiger partial charge in [0.1, 0.15) is 5.75 Å². The molecule has 1 heterocycles. The number of nitrogens with one attached hydrogen (secondary N) is 1. The third-order valence-electron chi connectivity index (χ3n) is 5.17. The molecule has 6 heteroatoms. The van der Waals surface area contributed by atoms with Gasteiger partial charge in [-0.1, -0.05) is 24.3 Å². The van der Waals surface area contributed by atoms with E-state index in [4.69, 9.17) is 4.74 Å². The number of fused-ring (bicyclic) bond motifs is 1. The number of nitrogens with zero attached hydrogens (tertiary/aromatic N) is 2. The van der Waals surface area contributed by atoms with Gasteiger partial charge in [0.05, 0.1) is 5.56 Å². The zero-order valence-electron chi connectivity index (χ0n) is 15.6. The van der Waals surface area contributed by atoms with Crippen molar-refractivity contribution in [3.05, 3.63) is 42.0 Å². The topological polar surface area (TPSA) is 61.9 Å². The minimum atomic E-state index is -0.136. The number of hydrogen-bond donors (Lipinski definition) is 1. The van der Waals surface area contributed by atoms with E-state index < -0.39 is 0 Å². The minimum absolute atomic E-state index is 0.0357. The predicted molar refractivity (Wildman–Crippen MR) is 104 cm³/mol. The van der Waals surface area contributed by atoms with Crippen LogP contribution in [0.1, 0.15) is 23.2 Å². The summed E-state index contributed by atoms with van der Waals surface area (Å²) in [6.45, 7) is 3.05. The highest BCUT2D eigenvalue weighted by atomic mass is 16.5. The fourth-order valence-electron chi connectivity index (χ4n) is 3.33. The molecule has 4 rings (SSSR count). The predicted octanol–water partition coefficient (Wildman–Crippen LogP) is 1.88. The number of ether oxygens (including phenoxy) is 1. The molecular weight excluding hydrogens is 342 g/mol. The van der Waals surface area contributed by atoms with E-state index >= 15 is 0 Å². The highest BCUT2D eigenvalue weighted by Gasteiger charge is 2.25. The van der Waals surface area contributed by atoms with Crippen molar-refractivity contribution < 1.29 is 14.3 Å². The molecule has 2 amide bonds. The molecule has 1 saturated heterocycles. The molecule has 6 nitrogen and oxygen atoms in total. The monoisotopic (exact) mass is 367 g/mol. The summed E-state index contributed by atoms with van der Waals surface area (Å²) in [4.78, 5) is 29.2. The zero-order valence-corrected chi connectivity index (χ0v) is 15.6. The van der Waals surface area contributed by atoms with E-state index in [0.29, 0.717) is 30.4 Å². The van der Waals surface area contributed by atoms with Crippen LogP contribution in [0.2, 0.25) is 0 Å². The van der Waals surface area contributed by atoms with Crippen LogP contribution in [0.4, 0.5) is 0 Å². The van der Waals surface area contributed by atoms with Gasteiger partial charge >= 0.3 is 0 Å². The highest BCUT2D eigenvalue weighted by molar-refractivity contribution is 6.01. The lowest BCUT2D eigenvalue weighted by Crippen LogP contribution is -2.47. The Bertz CT molecular complexity index is 855. The number of piperazine rings is 1. The van der Waals surface area contributed by atoms with Crippen LogP contribution in [0.3, 0.4) is 0 Å². The number of amides is 2. The van der Waals surface area contributed by atoms with Gasteiger partial charge in [-0.2, -0.15) is 0 Å². The van der Waals surface area contributed by atoms with Crippen LogP contribution in [0.25, 0.3) is 10.8 Å². The van der Waals surface area contributed by atoms with Crippen molar-refractivity contribution in [1.82, 2.24) is 15.1 Å². The summed E-state index contributed by atoms with van der Waals surface area (Å²) in [7, 11) is 2.06. The third kappa shape index (κ3) is 4.22. The molecule has 2 aliphatic rings. The standard InChI is InChI=1S/C21H25N3O3/c1-23-8-10-24(11-9-23)21(26)18-12-15-4-2-3-5-16(15)13-19(18)27-14-20(25)22-17-6-7-17/h2-5,12-13,17H,6-11,14H2,1H3,(H,22,25). The largest absolute Gasteiger partial charge is 0.483 e. The number of likely N-dealkylation sites (N-methyl/N-ethyl adjacent to an activating group) is 1. The summed E-state index contributed by atoms with van der Waals surface area (Å²) in [5.41, 5.74) is 0.525. The summed E-state index contributed by atoms with van der Waals surface area (Å²) in [5, 5.41) is 4.89. The lowest BCUT2D eigenvalue weighted by Gasteiger charge is -2.32. The van der Waals surface area contributed by atoms with E-state index in [2.05, 4.69) is 17.3 Å². The average Bonchev–Trinajstić information content (AvgIpc) is 3.49. The van der Waals surface area contributed by atoms with Crippen LogP contribution in [-0.2, 0) is 4.79 Å². The van der Waals surface area contributed by atoms with Gasteiger partial charge in [0.2, 0.25) is 0 Å². The molecule has 1 N–H and O–H groups in total. The van der Waals surface area contributed by atoms with Crippen LogP contribution in [-0.4, -0.2) is 67.5 Å². The van der Waals surface area contributed by atoms with E-state index in [-0.39, 0.29) is 18.4 Å². The van der Waals surface area contributed by atoms with Crippen molar-refractivity contribution >= 4 is 22.6 Å². The molecule has 0 atom stereocenters. The van der Waals surface area contributed by atoms with Gasteiger partial charge in [0, 0.05) is 32.2 Å². The zero-order chi connectivity index (χ0) is 18.8. The molecule has 0 radical (unpaired) electrons. The minimum Gasteiger partial charge on any atom is -0.483 e. The van der Waals surface area contributed by atoms with Crippen molar-refractivity contribution in [3.63, 3.8) is 0 Å². The molecule has 2 fully saturated rings. The molecule has 1 saturated carbocycles. The Morgan fingerprint density at radius 3 is 2.41 bits per heavy atom. The molecule has 0 aromatic heterocycles. The molecule has 2 aromatic rings. The normalized spacial score (nSPS) is 17.7. The Kier molecular flexibility index (Phi) is 4.99. The second-order valence-corrected chi connectivity index (χ2v) is 7.42. The quantitative estimate of drug-likeness (QED) is 0.877. The average molecular weight is 367 g/mol. The first-order valence-electron chi connectivity index (χ1n) is 9.53. The van der Waals surface area contributed by atoms with Crippen molar-refractivity contribution in [2.75, 3.05) is 39.8 Å². The van der Waals surface area contributed by atoms with Gasteiger partial charge in [-0.3, -0.25) is 9.59 Å². The van der Waals surface area contributed by atoms with Crippen LogP contribution < -0.4 is 10.1 Å². The first-order valence-corrected chi connectivity index (χ1v) is 9.53. The summed E-state index contributed by atoms with van der Waals surface area (Å²) in [6, 6.07) is 11.9. The Labute approximate surface area is 159 Å². The van der Waals surface area contributed by atoms with Crippen LogP contribution >= 0.6 is 0 Å². The number of rotatable bonds is 5.